The summed E-state index contributed by atoms with van der Waals surface area (Å²) in [5.74, 6) is 0. The van der Waals surface area contributed by atoms with Gasteiger partial charge in [0.2, 0.25) is 0 Å². The fraction of sp³-hybridized carbons (Fsp3) is 0.700. The van der Waals surface area contributed by atoms with Gasteiger partial charge >= 0.3 is 0 Å². The second-order valence-electron chi connectivity index (χ2n) is 3.52. The molecule has 1 N–H and O–H groups in total. The molecule has 1 atom stereocenters. The maximum atomic E-state index is 4.14. The van der Waals surface area contributed by atoms with Crippen LogP contribution in [0.4, 0.5) is 0 Å². The Morgan fingerprint density at radius 2 is 2.38 bits per heavy atom. The molecule has 0 aliphatic carbocycles. The van der Waals surface area contributed by atoms with Crippen LogP contribution in [0.1, 0.15) is 25.8 Å². The van der Waals surface area contributed by atoms with Gasteiger partial charge in [-0.1, -0.05) is 6.92 Å². The highest BCUT2D eigenvalue weighted by molar-refractivity contribution is 5.03. The zero-order chi connectivity index (χ0) is 9.68. The summed E-state index contributed by atoms with van der Waals surface area (Å²) in [5.41, 5.74) is 1.33. The maximum Gasteiger partial charge on any atom is 0.0521 e. The third-order valence-corrected chi connectivity index (χ3v) is 2.18. The van der Waals surface area contributed by atoms with E-state index in [0.29, 0.717) is 6.04 Å². The van der Waals surface area contributed by atoms with Gasteiger partial charge in [0, 0.05) is 19.3 Å². The Morgan fingerprint density at radius 3 is 2.92 bits per heavy atom. The molecule has 0 amide bonds. The molecule has 0 radical (unpaired) electrons. The van der Waals surface area contributed by atoms with Gasteiger partial charge in [0.05, 0.1) is 6.20 Å². The number of hydrogen-bond donors (Lipinski definition) is 1. The third kappa shape index (κ3) is 3.59. The molecule has 0 aliphatic heterocycles. The van der Waals surface area contributed by atoms with Crippen LogP contribution in [0.25, 0.3) is 0 Å². The lowest BCUT2D eigenvalue weighted by atomic mass is 10.1. The molecule has 1 rings (SSSR count). The van der Waals surface area contributed by atoms with Crippen molar-refractivity contribution >= 4 is 0 Å². The molecular weight excluding hydrogens is 162 g/mol. The minimum absolute atomic E-state index is 0.602. The first-order valence-electron chi connectivity index (χ1n) is 4.93. The van der Waals surface area contributed by atoms with Gasteiger partial charge in [-0.3, -0.25) is 4.68 Å². The van der Waals surface area contributed by atoms with E-state index in [1.54, 1.807) is 0 Å². The molecule has 1 aromatic heterocycles. The molecule has 1 heterocycles. The Kier molecular flexibility index (Phi) is 3.96. The second kappa shape index (κ2) is 5.02. The summed E-state index contributed by atoms with van der Waals surface area (Å²) >= 11 is 0. The van der Waals surface area contributed by atoms with Gasteiger partial charge in [-0.05, 0) is 31.9 Å². The molecular formula is C10H19N3. The highest BCUT2D eigenvalue weighted by Gasteiger charge is 2.01. The zero-order valence-corrected chi connectivity index (χ0v) is 8.75. The first-order valence-corrected chi connectivity index (χ1v) is 4.93. The number of aromatic nitrogens is 2. The van der Waals surface area contributed by atoms with E-state index in [9.17, 15) is 0 Å². The van der Waals surface area contributed by atoms with E-state index in [-0.39, 0.29) is 0 Å². The van der Waals surface area contributed by atoms with Crippen LogP contribution in [0.2, 0.25) is 0 Å². The summed E-state index contributed by atoms with van der Waals surface area (Å²) in [7, 11) is 1.96. The first kappa shape index (κ1) is 10.3. The number of nitrogens with one attached hydrogen (secondary N) is 1. The summed E-state index contributed by atoms with van der Waals surface area (Å²) in [6.45, 7) is 5.41. The summed E-state index contributed by atoms with van der Waals surface area (Å²) < 4.78 is 1.85. The summed E-state index contributed by atoms with van der Waals surface area (Å²) in [4.78, 5) is 0. The van der Waals surface area contributed by atoms with E-state index in [1.807, 2.05) is 17.9 Å². The van der Waals surface area contributed by atoms with Crippen LogP contribution in [0.5, 0.6) is 0 Å². The van der Waals surface area contributed by atoms with E-state index in [0.717, 1.165) is 13.0 Å². The smallest absolute Gasteiger partial charge is 0.0521 e. The van der Waals surface area contributed by atoms with Crippen LogP contribution in [0.15, 0.2) is 12.4 Å². The average Bonchev–Trinajstić information content (AvgIpc) is 2.49. The van der Waals surface area contributed by atoms with Gasteiger partial charge in [0.25, 0.3) is 0 Å². The normalized spacial score (nSPS) is 13.2. The number of nitrogens with zero attached hydrogens (tertiary/aromatic N) is 2. The molecule has 0 spiro atoms. The van der Waals surface area contributed by atoms with E-state index in [4.69, 9.17) is 0 Å². The first-order chi connectivity index (χ1) is 6.22. The van der Waals surface area contributed by atoms with Crippen LogP contribution in [0, 0.1) is 0 Å². The summed E-state index contributed by atoms with van der Waals surface area (Å²) in [5, 5.41) is 7.53. The van der Waals surface area contributed by atoms with Crippen molar-refractivity contribution in [1.29, 1.82) is 0 Å². The van der Waals surface area contributed by atoms with Crippen molar-refractivity contribution in [3.8, 4) is 0 Å². The minimum Gasteiger partial charge on any atom is -0.315 e. The fourth-order valence-electron chi connectivity index (χ4n) is 1.43. The molecule has 74 valence electrons. The quantitative estimate of drug-likeness (QED) is 0.743. The average molecular weight is 181 g/mol. The molecule has 0 bridgehead atoms. The Balaban J connectivity index is 2.26. The van der Waals surface area contributed by atoms with Gasteiger partial charge in [0.1, 0.15) is 0 Å². The van der Waals surface area contributed by atoms with Crippen molar-refractivity contribution in [2.24, 2.45) is 7.05 Å². The van der Waals surface area contributed by atoms with Crippen molar-refractivity contribution in [2.45, 2.75) is 32.7 Å². The molecule has 0 aliphatic rings. The molecule has 0 saturated carbocycles. The zero-order valence-electron chi connectivity index (χ0n) is 8.75. The van der Waals surface area contributed by atoms with Crippen molar-refractivity contribution < 1.29 is 0 Å². The van der Waals surface area contributed by atoms with Crippen molar-refractivity contribution in [3.05, 3.63) is 18.0 Å². The van der Waals surface area contributed by atoms with Gasteiger partial charge < -0.3 is 5.32 Å². The van der Waals surface area contributed by atoms with Crippen LogP contribution >= 0.6 is 0 Å². The number of hydrogen-bond acceptors (Lipinski definition) is 2. The van der Waals surface area contributed by atoms with Gasteiger partial charge in [-0.15, -0.1) is 0 Å². The van der Waals surface area contributed by atoms with E-state index >= 15 is 0 Å². The minimum atomic E-state index is 0.602. The molecule has 13 heavy (non-hydrogen) atoms. The van der Waals surface area contributed by atoms with E-state index < -0.39 is 0 Å². The highest BCUT2D eigenvalue weighted by atomic mass is 15.2. The van der Waals surface area contributed by atoms with Gasteiger partial charge in [-0.2, -0.15) is 5.10 Å². The second-order valence-corrected chi connectivity index (χ2v) is 3.52. The third-order valence-electron chi connectivity index (χ3n) is 2.18. The summed E-state index contributed by atoms with van der Waals surface area (Å²) in [6.07, 6.45) is 6.32. The van der Waals surface area contributed by atoms with Crippen LogP contribution in [0.3, 0.4) is 0 Å². The van der Waals surface area contributed by atoms with E-state index in [2.05, 4.69) is 30.5 Å². The molecule has 3 heteroatoms. The van der Waals surface area contributed by atoms with Crippen LogP contribution in [-0.2, 0) is 13.5 Å². The molecule has 3 nitrogen and oxygen atoms in total. The Bertz CT molecular complexity index is 242. The SMILES string of the molecule is CCNC(C)CCc1cnn(C)c1. The Hall–Kier alpha value is -0.830. The lowest BCUT2D eigenvalue weighted by Gasteiger charge is -2.10. The standard InChI is InChI=1S/C10H19N3/c1-4-11-9(2)5-6-10-7-12-13(3)8-10/h7-9,11H,4-6H2,1-3H3. The highest BCUT2D eigenvalue weighted by Crippen LogP contribution is 2.03. The lowest BCUT2D eigenvalue weighted by Crippen LogP contribution is -2.25. The predicted octanol–water partition coefficient (Wildman–Crippen LogP) is 1.35. The van der Waals surface area contributed by atoms with Gasteiger partial charge in [0.15, 0.2) is 0 Å². The number of aryl methyl sites for hydroxylation is 2. The van der Waals surface area contributed by atoms with Gasteiger partial charge in [-0.25, -0.2) is 0 Å². The van der Waals surface area contributed by atoms with Crippen molar-refractivity contribution in [2.75, 3.05) is 6.54 Å². The number of rotatable bonds is 5. The lowest BCUT2D eigenvalue weighted by molar-refractivity contribution is 0.530. The Morgan fingerprint density at radius 1 is 1.62 bits per heavy atom. The van der Waals surface area contributed by atoms with Crippen molar-refractivity contribution in [3.63, 3.8) is 0 Å². The summed E-state index contributed by atoms with van der Waals surface area (Å²) in [6, 6.07) is 0.602. The Labute approximate surface area is 80.1 Å². The van der Waals surface area contributed by atoms with Crippen molar-refractivity contribution in [1.82, 2.24) is 15.1 Å². The molecule has 0 fully saturated rings. The van der Waals surface area contributed by atoms with Crippen LogP contribution in [-0.4, -0.2) is 22.4 Å². The molecule has 0 aromatic carbocycles. The largest absolute Gasteiger partial charge is 0.315 e. The molecule has 1 unspecified atom stereocenters. The van der Waals surface area contributed by atoms with Crippen LogP contribution < -0.4 is 5.32 Å². The van der Waals surface area contributed by atoms with E-state index in [1.165, 1.54) is 12.0 Å². The predicted molar refractivity (Wildman–Crippen MR) is 54.7 cm³/mol. The molecule has 0 saturated heterocycles. The fourth-order valence-corrected chi connectivity index (χ4v) is 1.43. The monoisotopic (exact) mass is 181 g/mol. The molecule has 1 aromatic rings. The maximum absolute atomic E-state index is 4.14. The topological polar surface area (TPSA) is 29.9 Å².